The molecule has 0 fully saturated rings. The summed E-state index contributed by atoms with van der Waals surface area (Å²) in [5.41, 5.74) is 0.942. The van der Waals surface area contributed by atoms with Gasteiger partial charge in [0, 0.05) is 16.0 Å². The minimum absolute atomic E-state index is 0.424. The molecule has 0 atom stereocenters. The summed E-state index contributed by atoms with van der Waals surface area (Å²) < 4.78 is 6.36. The number of ether oxygens (including phenoxy) is 1. The molecule has 0 bridgehead atoms. The second-order valence-corrected chi connectivity index (χ2v) is 4.41. The number of methoxy groups -OCH3 is 1. The minimum Gasteiger partial charge on any atom is -0.495 e. The standard InChI is InChI=1S/C10H8Cl2OS/c1-13-7-5-14-8-3-2-6(4-11)10(12)9(7)8/h2-3,5H,4H2,1H3. The van der Waals surface area contributed by atoms with Crippen molar-refractivity contribution in [2.75, 3.05) is 7.11 Å². The van der Waals surface area contributed by atoms with Crippen LogP contribution in [0, 0.1) is 0 Å². The molecule has 1 aromatic heterocycles. The second-order valence-electron chi connectivity index (χ2n) is 2.85. The number of hydrogen-bond donors (Lipinski definition) is 0. The van der Waals surface area contributed by atoms with E-state index < -0.39 is 0 Å². The SMILES string of the molecule is COc1csc2ccc(CCl)c(Cl)c12. The molecule has 4 heteroatoms. The molecule has 0 saturated heterocycles. The van der Waals surface area contributed by atoms with Crippen LogP contribution in [0.25, 0.3) is 10.1 Å². The molecule has 1 heterocycles. The summed E-state index contributed by atoms with van der Waals surface area (Å²) in [6.07, 6.45) is 0. The third-order valence-corrected chi connectivity index (χ3v) is 3.73. The summed E-state index contributed by atoms with van der Waals surface area (Å²) in [6, 6.07) is 3.97. The average molecular weight is 247 g/mol. The summed E-state index contributed by atoms with van der Waals surface area (Å²) in [6.45, 7) is 0. The maximum atomic E-state index is 6.21. The van der Waals surface area contributed by atoms with Crippen LogP contribution in [0.5, 0.6) is 5.75 Å². The van der Waals surface area contributed by atoms with Crippen LogP contribution in [0.15, 0.2) is 17.5 Å². The van der Waals surface area contributed by atoms with Crippen molar-refractivity contribution in [1.29, 1.82) is 0 Å². The third-order valence-electron chi connectivity index (χ3n) is 2.09. The normalized spacial score (nSPS) is 10.8. The van der Waals surface area contributed by atoms with Gasteiger partial charge >= 0.3 is 0 Å². The lowest BCUT2D eigenvalue weighted by Gasteiger charge is -2.03. The lowest BCUT2D eigenvalue weighted by molar-refractivity contribution is 0.421. The first kappa shape index (κ1) is 10.1. The van der Waals surface area contributed by atoms with E-state index in [2.05, 4.69) is 0 Å². The van der Waals surface area contributed by atoms with Crippen LogP contribution in [0.3, 0.4) is 0 Å². The van der Waals surface area contributed by atoms with Gasteiger partial charge in [0.25, 0.3) is 0 Å². The van der Waals surface area contributed by atoms with Gasteiger partial charge in [-0.25, -0.2) is 0 Å². The van der Waals surface area contributed by atoms with Crippen molar-refractivity contribution in [3.63, 3.8) is 0 Å². The Bertz CT molecular complexity index is 464. The first-order valence-electron chi connectivity index (χ1n) is 4.06. The quantitative estimate of drug-likeness (QED) is 0.719. The zero-order valence-electron chi connectivity index (χ0n) is 7.51. The Morgan fingerprint density at radius 3 is 2.86 bits per heavy atom. The van der Waals surface area contributed by atoms with Crippen molar-refractivity contribution in [2.24, 2.45) is 0 Å². The van der Waals surface area contributed by atoms with Crippen LogP contribution in [0.4, 0.5) is 0 Å². The van der Waals surface area contributed by atoms with Crippen molar-refractivity contribution in [3.05, 3.63) is 28.1 Å². The van der Waals surface area contributed by atoms with E-state index in [4.69, 9.17) is 27.9 Å². The molecule has 0 N–H and O–H groups in total. The number of halogens is 2. The smallest absolute Gasteiger partial charge is 0.138 e. The Morgan fingerprint density at radius 2 is 2.21 bits per heavy atom. The van der Waals surface area contributed by atoms with Gasteiger partial charge in [0.15, 0.2) is 0 Å². The predicted octanol–water partition coefficient (Wildman–Crippen LogP) is 4.30. The van der Waals surface area contributed by atoms with Gasteiger partial charge in [-0.3, -0.25) is 0 Å². The van der Waals surface area contributed by atoms with Gasteiger partial charge in [0.1, 0.15) is 5.75 Å². The molecule has 1 nitrogen and oxygen atoms in total. The van der Waals surface area contributed by atoms with Gasteiger partial charge in [-0.05, 0) is 11.6 Å². The molecule has 0 aliphatic rings. The van der Waals surface area contributed by atoms with Crippen molar-refractivity contribution >= 4 is 44.6 Å². The molecule has 0 radical (unpaired) electrons. The summed E-state index contributed by atoms with van der Waals surface area (Å²) in [4.78, 5) is 0. The van der Waals surface area contributed by atoms with Crippen molar-refractivity contribution in [3.8, 4) is 5.75 Å². The molecule has 0 spiro atoms. The Hall–Kier alpha value is -0.440. The molecule has 2 aromatic rings. The maximum absolute atomic E-state index is 6.21. The van der Waals surface area contributed by atoms with Gasteiger partial charge < -0.3 is 4.74 Å². The summed E-state index contributed by atoms with van der Waals surface area (Å²) in [5.74, 6) is 1.25. The van der Waals surface area contributed by atoms with Crippen molar-refractivity contribution in [2.45, 2.75) is 5.88 Å². The van der Waals surface area contributed by atoms with Crippen LogP contribution in [-0.4, -0.2) is 7.11 Å². The van der Waals surface area contributed by atoms with Gasteiger partial charge in [-0.15, -0.1) is 22.9 Å². The molecule has 74 valence electrons. The molecule has 1 aromatic carbocycles. The fourth-order valence-electron chi connectivity index (χ4n) is 1.36. The summed E-state index contributed by atoms with van der Waals surface area (Å²) in [5, 5.41) is 3.63. The number of hydrogen-bond acceptors (Lipinski definition) is 2. The summed E-state index contributed by atoms with van der Waals surface area (Å²) >= 11 is 13.6. The molecule has 0 aliphatic carbocycles. The van der Waals surface area contributed by atoms with Gasteiger partial charge in [0.2, 0.25) is 0 Å². The number of fused-ring (bicyclic) bond motifs is 1. The zero-order chi connectivity index (χ0) is 10.1. The van der Waals surface area contributed by atoms with E-state index in [0.717, 1.165) is 21.4 Å². The van der Waals surface area contributed by atoms with Gasteiger partial charge in [-0.1, -0.05) is 17.7 Å². The number of rotatable bonds is 2. The number of benzene rings is 1. The van der Waals surface area contributed by atoms with E-state index in [1.54, 1.807) is 18.4 Å². The van der Waals surface area contributed by atoms with E-state index in [-0.39, 0.29) is 0 Å². The van der Waals surface area contributed by atoms with E-state index >= 15 is 0 Å². The van der Waals surface area contributed by atoms with E-state index in [1.807, 2.05) is 17.5 Å². The fourth-order valence-corrected chi connectivity index (χ4v) is 2.95. The first-order valence-corrected chi connectivity index (χ1v) is 5.85. The van der Waals surface area contributed by atoms with Crippen LogP contribution in [0.1, 0.15) is 5.56 Å². The highest BCUT2D eigenvalue weighted by atomic mass is 35.5. The van der Waals surface area contributed by atoms with Crippen LogP contribution in [-0.2, 0) is 5.88 Å². The largest absolute Gasteiger partial charge is 0.495 e. The Balaban J connectivity index is 2.77. The van der Waals surface area contributed by atoms with Gasteiger partial charge in [0.05, 0.1) is 17.5 Å². The Morgan fingerprint density at radius 1 is 1.43 bits per heavy atom. The van der Waals surface area contributed by atoms with E-state index in [9.17, 15) is 0 Å². The van der Waals surface area contributed by atoms with Crippen molar-refractivity contribution < 1.29 is 4.74 Å². The highest BCUT2D eigenvalue weighted by Gasteiger charge is 2.11. The second kappa shape index (κ2) is 3.97. The highest BCUT2D eigenvalue weighted by molar-refractivity contribution is 7.17. The first-order chi connectivity index (χ1) is 6.77. The third kappa shape index (κ3) is 1.48. The van der Waals surface area contributed by atoms with Crippen LogP contribution in [0.2, 0.25) is 5.02 Å². The zero-order valence-corrected chi connectivity index (χ0v) is 9.84. The number of thiophene rings is 1. The molecular weight excluding hydrogens is 239 g/mol. The molecule has 0 amide bonds. The lowest BCUT2D eigenvalue weighted by atomic mass is 10.2. The lowest BCUT2D eigenvalue weighted by Crippen LogP contribution is -1.84. The van der Waals surface area contributed by atoms with Crippen LogP contribution >= 0.6 is 34.5 Å². The highest BCUT2D eigenvalue weighted by Crippen LogP contribution is 2.39. The molecule has 2 rings (SSSR count). The minimum atomic E-state index is 0.424. The number of alkyl halides is 1. The molecule has 14 heavy (non-hydrogen) atoms. The van der Waals surface area contributed by atoms with Crippen LogP contribution < -0.4 is 4.74 Å². The monoisotopic (exact) mass is 246 g/mol. The predicted molar refractivity (Wildman–Crippen MR) is 62.9 cm³/mol. The van der Waals surface area contributed by atoms with Gasteiger partial charge in [-0.2, -0.15) is 0 Å². The topological polar surface area (TPSA) is 9.23 Å². The molecular formula is C10H8Cl2OS. The Kier molecular flexibility index (Phi) is 2.86. The Labute approximate surface area is 96.2 Å². The summed E-state index contributed by atoms with van der Waals surface area (Å²) in [7, 11) is 1.64. The molecule has 0 saturated carbocycles. The molecule has 0 aliphatic heterocycles. The van der Waals surface area contributed by atoms with Crippen molar-refractivity contribution in [1.82, 2.24) is 0 Å². The maximum Gasteiger partial charge on any atom is 0.138 e. The van der Waals surface area contributed by atoms with E-state index in [1.165, 1.54) is 0 Å². The fraction of sp³-hybridized carbons (Fsp3) is 0.200. The van der Waals surface area contributed by atoms with E-state index in [0.29, 0.717) is 10.9 Å². The average Bonchev–Trinajstić information content (AvgIpc) is 2.62. The molecule has 0 unspecified atom stereocenters.